The second-order valence-corrected chi connectivity index (χ2v) is 7.64. The lowest BCUT2D eigenvalue weighted by Crippen LogP contribution is -2.10. The molecular weight excluding hydrogens is 434 g/mol. The smallest absolute Gasteiger partial charge is 0.338 e. The molecule has 0 aliphatic carbocycles. The van der Waals surface area contributed by atoms with Crippen LogP contribution in [0.2, 0.25) is 0 Å². The Kier molecular flexibility index (Phi) is 6.66. The first-order valence-corrected chi connectivity index (χ1v) is 9.89. The molecule has 150 valence electrons. The first kappa shape index (κ1) is 20.6. The van der Waals surface area contributed by atoms with Crippen molar-refractivity contribution in [2.24, 2.45) is 5.92 Å². The van der Waals surface area contributed by atoms with Gasteiger partial charge in [-0.05, 0) is 58.2 Å². The van der Waals surface area contributed by atoms with Crippen molar-refractivity contribution in [1.29, 1.82) is 0 Å². The summed E-state index contributed by atoms with van der Waals surface area (Å²) < 4.78 is 6.13. The molecule has 7 nitrogen and oxygen atoms in total. The van der Waals surface area contributed by atoms with Crippen molar-refractivity contribution in [3.63, 3.8) is 0 Å². The van der Waals surface area contributed by atoms with E-state index in [-0.39, 0.29) is 5.97 Å². The zero-order valence-corrected chi connectivity index (χ0v) is 17.7. The second kappa shape index (κ2) is 9.38. The number of halogens is 1. The van der Waals surface area contributed by atoms with E-state index in [0.717, 1.165) is 15.8 Å². The van der Waals surface area contributed by atoms with Crippen LogP contribution in [0.3, 0.4) is 0 Å². The van der Waals surface area contributed by atoms with Crippen LogP contribution in [0, 0.1) is 5.92 Å². The molecule has 8 heteroatoms. The van der Waals surface area contributed by atoms with Crippen LogP contribution in [0.5, 0.6) is 0 Å². The van der Waals surface area contributed by atoms with Crippen LogP contribution in [0.25, 0.3) is 0 Å². The monoisotopic (exact) mass is 455 g/mol. The average Bonchev–Trinajstić information content (AvgIpc) is 2.71. The third-order valence-electron chi connectivity index (χ3n) is 3.94. The van der Waals surface area contributed by atoms with Gasteiger partial charge in [0, 0.05) is 10.2 Å². The summed E-state index contributed by atoms with van der Waals surface area (Å²) in [6.07, 6.45) is 1.43. The Labute approximate surface area is 177 Å². The van der Waals surface area contributed by atoms with Gasteiger partial charge in [0.1, 0.15) is 12.0 Å². The number of nitrogens with two attached hydrogens (primary N) is 1. The Morgan fingerprint density at radius 2 is 1.72 bits per heavy atom. The van der Waals surface area contributed by atoms with Crippen LogP contribution in [-0.4, -0.2) is 22.5 Å². The second-order valence-electron chi connectivity index (χ2n) is 6.78. The summed E-state index contributed by atoms with van der Waals surface area (Å²) in [4.78, 5) is 20.5. The van der Waals surface area contributed by atoms with Gasteiger partial charge in [-0.3, -0.25) is 0 Å². The molecule has 1 heterocycles. The molecule has 3 aromatic rings. The number of hydrogen-bond donors (Lipinski definition) is 3. The predicted molar refractivity (Wildman–Crippen MR) is 119 cm³/mol. The molecule has 0 aliphatic rings. The SMILES string of the molecule is CC(C)COC(=O)c1ccc(Nc2ncnc(Nc3ccccc3Br)c2N)cc1. The Balaban J connectivity index is 1.72. The van der Waals surface area contributed by atoms with Crippen molar-refractivity contribution >= 4 is 50.6 Å². The summed E-state index contributed by atoms with van der Waals surface area (Å²) in [5.41, 5.74) is 8.68. The largest absolute Gasteiger partial charge is 0.462 e. The topological polar surface area (TPSA) is 102 Å². The summed E-state index contributed by atoms with van der Waals surface area (Å²) in [6, 6.07) is 14.6. The number of esters is 1. The van der Waals surface area contributed by atoms with Gasteiger partial charge in [0.15, 0.2) is 11.6 Å². The van der Waals surface area contributed by atoms with Gasteiger partial charge in [0.05, 0.1) is 17.9 Å². The molecule has 0 bridgehead atoms. The number of carbonyl (C=O) groups excluding carboxylic acids is 1. The number of para-hydroxylation sites is 1. The number of nitrogens with zero attached hydrogens (tertiary/aromatic N) is 2. The number of nitrogens with one attached hydrogen (secondary N) is 2. The van der Waals surface area contributed by atoms with E-state index in [9.17, 15) is 4.79 Å². The molecule has 0 spiro atoms. The minimum absolute atomic E-state index is 0.292. The van der Waals surface area contributed by atoms with Gasteiger partial charge in [0.2, 0.25) is 0 Å². The standard InChI is InChI=1S/C21H22BrN5O2/c1-13(2)11-29-21(28)14-7-9-15(10-8-14)26-19-18(23)20(25-12-24-19)27-17-6-4-3-5-16(17)22/h3-10,12-13H,11,23H2,1-2H3,(H2,24,25,26,27). The lowest BCUT2D eigenvalue weighted by Gasteiger charge is -2.13. The van der Waals surface area contributed by atoms with Crippen LogP contribution in [0.1, 0.15) is 24.2 Å². The van der Waals surface area contributed by atoms with Crippen LogP contribution >= 0.6 is 15.9 Å². The Hall–Kier alpha value is -3.13. The fourth-order valence-electron chi connectivity index (χ4n) is 2.44. The summed E-state index contributed by atoms with van der Waals surface area (Å²) in [5, 5.41) is 6.34. The highest BCUT2D eigenvalue weighted by Gasteiger charge is 2.11. The maximum Gasteiger partial charge on any atom is 0.338 e. The van der Waals surface area contributed by atoms with E-state index in [1.165, 1.54) is 6.33 Å². The van der Waals surface area contributed by atoms with Gasteiger partial charge >= 0.3 is 5.97 Å². The van der Waals surface area contributed by atoms with Crippen molar-refractivity contribution in [2.75, 3.05) is 23.0 Å². The molecule has 0 radical (unpaired) electrons. The van der Waals surface area contributed by atoms with Crippen LogP contribution < -0.4 is 16.4 Å². The maximum absolute atomic E-state index is 12.0. The van der Waals surface area contributed by atoms with E-state index >= 15 is 0 Å². The van der Waals surface area contributed by atoms with Gasteiger partial charge in [-0.25, -0.2) is 14.8 Å². The summed E-state index contributed by atoms with van der Waals surface area (Å²) in [7, 11) is 0. The molecule has 0 saturated carbocycles. The van der Waals surface area contributed by atoms with Gasteiger partial charge in [-0.1, -0.05) is 26.0 Å². The third kappa shape index (κ3) is 5.45. The summed E-state index contributed by atoms with van der Waals surface area (Å²) >= 11 is 3.49. The molecule has 0 amide bonds. The first-order valence-electron chi connectivity index (χ1n) is 9.10. The van der Waals surface area contributed by atoms with Crippen molar-refractivity contribution in [3.05, 3.63) is 64.9 Å². The lowest BCUT2D eigenvalue weighted by molar-refractivity contribution is 0.0459. The average molecular weight is 456 g/mol. The normalized spacial score (nSPS) is 10.6. The summed E-state index contributed by atoms with van der Waals surface area (Å²) in [5.74, 6) is 0.902. The molecule has 4 N–H and O–H groups in total. The van der Waals surface area contributed by atoms with E-state index in [2.05, 4.69) is 36.5 Å². The molecule has 29 heavy (non-hydrogen) atoms. The molecule has 0 atom stereocenters. The minimum atomic E-state index is -0.341. The van der Waals surface area contributed by atoms with E-state index in [0.29, 0.717) is 35.4 Å². The van der Waals surface area contributed by atoms with E-state index < -0.39 is 0 Å². The highest BCUT2D eigenvalue weighted by molar-refractivity contribution is 9.10. The van der Waals surface area contributed by atoms with E-state index in [1.54, 1.807) is 24.3 Å². The highest BCUT2D eigenvalue weighted by atomic mass is 79.9. The first-order chi connectivity index (χ1) is 13.9. The van der Waals surface area contributed by atoms with Crippen LogP contribution in [0.4, 0.5) is 28.7 Å². The highest BCUT2D eigenvalue weighted by Crippen LogP contribution is 2.30. The maximum atomic E-state index is 12.0. The van der Waals surface area contributed by atoms with Crippen molar-refractivity contribution in [3.8, 4) is 0 Å². The van der Waals surface area contributed by atoms with Gasteiger partial charge in [-0.2, -0.15) is 0 Å². The molecule has 1 aromatic heterocycles. The predicted octanol–water partition coefficient (Wildman–Crippen LogP) is 5.12. The van der Waals surface area contributed by atoms with Crippen molar-refractivity contribution < 1.29 is 9.53 Å². The van der Waals surface area contributed by atoms with Crippen molar-refractivity contribution in [1.82, 2.24) is 9.97 Å². The third-order valence-corrected chi connectivity index (χ3v) is 4.63. The van der Waals surface area contributed by atoms with Crippen LogP contribution in [-0.2, 0) is 4.74 Å². The number of hydrogen-bond acceptors (Lipinski definition) is 7. The fraction of sp³-hybridized carbons (Fsp3) is 0.190. The number of ether oxygens (including phenoxy) is 1. The molecule has 0 aliphatic heterocycles. The van der Waals surface area contributed by atoms with Crippen LogP contribution in [0.15, 0.2) is 59.3 Å². The zero-order chi connectivity index (χ0) is 20.8. The quantitative estimate of drug-likeness (QED) is 0.424. The molecular formula is C21H22BrN5O2. The lowest BCUT2D eigenvalue weighted by atomic mass is 10.2. The zero-order valence-electron chi connectivity index (χ0n) is 16.1. The van der Waals surface area contributed by atoms with Gasteiger partial charge < -0.3 is 21.1 Å². The van der Waals surface area contributed by atoms with Crippen molar-refractivity contribution in [2.45, 2.75) is 13.8 Å². The number of carbonyl (C=O) groups is 1. The fourth-order valence-corrected chi connectivity index (χ4v) is 2.82. The number of rotatable bonds is 7. The Morgan fingerprint density at radius 1 is 1.07 bits per heavy atom. The number of nitrogen functional groups attached to an aromatic ring is 1. The minimum Gasteiger partial charge on any atom is -0.462 e. The van der Waals surface area contributed by atoms with E-state index in [1.807, 2.05) is 38.1 Å². The summed E-state index contributed by atoms with van der Waals surface area (Å²) in [6.45, 7) is 4.38. The van der Waals surface area contributed by atoms with E-state index in [4.69, 9.17) is 10.5 Å². The van der Waals surface area contributed by atoms with Gasteiger partial charge in [0.25, 0.3) is 0 Å². The Bertz CT molecular complexity index is 993. The Morgan fingerprint density at radius 3 is 2.38 bits per heavy atom. The molecule has 2 aromatic carbocycles. The molecule has 0 fully saturated rings. The molecule has 0 unspecified atom stereocenters. The number of aromatic nitrogens is 2. The van der Waals surface area contributed by atoms with Gasteiger partial charge in [-0.15, -0.1) is 0 Å². The molecule has 3 rings (SSSR count). The number of benzene rings is 2. The molecule has 0 saturated heterocycles. The number of anilines is 5.